The van der Waals surface area contributed by atoms with Crippen LogP contribution in [-0.4, -0.2) is 44.7 Å². The fraction of sp³-hybridized carbons (Fsp3) is 0.258. The fourth-order valence-corrected chi connectivity index (χ4v) is 5.80. The molecule has 2 N–H and O–H groups in total. The molecule has 0 unspecified atom stereocenters. The second-order valence-electron chi connectivity index (χ2n) is 9.85. The number of benzene rings is 3. The second kappa shape index (κ2) is 12.7. The SMILES string of the molecule is COc1ccc(-n2c(SCCC(F)(F)F)nnc2[C@H](Cc2ccccc2)NC(=O)Cc2c(C)[nH]c3ccccc23)cc1. The van der Waals surface area contributed by atoms with Gasteiger partial charge in [0.25, 0.3) is 0 Å². The lowest BCUT2D eigenvalue weighted by Crippen LogP contribution is -2.33. The summed E-state index contributed by atoms with van der Waals surface area (Å²) in [5, 5.41) is 13.1. The van der Waals surface area contributed by atoms with Crippen molar-refractivity contribution >= 4 is 28.6 Å². The number of para-hydroxylation sites is 1. The van der Waals surface area contributed by atoms with Crippen LogP contribution in [0.25, 0.3) is 16.6 Å². The molecule has 0 fully saturated rings. The maximum atomic E-state index is 13.6. The molecular formula is C31H30F3N5O2S. The van der Waals surface area contributed by atoms with Gasteiger partial charge in [0, 0.05) is 28.0 Å². The number of hydrogen-bond acceptors (Lipinski definition) is 5. The van der Waals surface area contributed by atoms with Crippen LogP contribution in [0.2, 0.25) is 0 Å². The number of halogens is 3. The second-order valence-corrected chi connectivity index (χ2v) is 10.9. The highest BCUT2D eigenvalue weighted by Gasteiger charge is 2.29. The van der Waals surface area contributed by atoms with E-state index >= 15 is 0 Å². The first-order chi connectivity index (χ1) is 20.2. The standard InChI is InChI=1S/C31H30F3N5O2S/c1-20-25(24-10-6-7-11-26(24)35-20)19-28(40)36-27(18-21-8-4-3-5-9-21)29-37-38-30(42-17-16-31(32,33)34)39(29)22-12-14-23(41-2)15-13-22/h3-15,27,35H,16-19H2,1-2H3,(H,36,40)/t27-/m0/s1. The van der Waals surface area contributed by atoms with E-state index in [-0.39, 0.29) is 18.1 Å². The number of aromatic nitrogens is 4. The highest BCUT2D eigenvalue weighted by atomic mass is 32.2. The maximum Gasteiger partial charge on any atom is 0.389 e. The summed E-state index contributed by atoms with van der Waals surface area (Å²) in [6, 6.07) is 23.9. The third kappa shape index (κ3) is 6.96. The predicted molar refractivity (Wildman–Crippen MR) is 157 cm³/mol. The summed E-state index contributed by atoms with van der Waals surface area (Å²) in [5.74, 6) is 0.623. The van der Waals surface area contributed by atoms with E-state index in [2.05, 4.69) is 20.5 Å². The summed E-state index contributed by atoms with van der Waals surface area (Å²) in [7, 11) is 1.55. The minimum Gasteiger partial charge on any atom is -0.497 e. The first kappa shape index (κ1) is 29.2. The summed E-state index contributed by atoms with van der Waals surface area (Å²) in [5.41, 5.74) is 4.38. The summed E-state index contributed by atoms with van der Waals surface area (Å²) < 4.78 is 45.8. The lowest BCUT2D eigenvalue weighted by molar-refractivity contribution is -0.129. The van der Waals surface area contributed by atoms with E-state index in [1.807, 2.05) is 61.5 Å². The van der Waals surface area contributed by atoms with Crippen molar-refractivity contribution in [3.05, 3.63) is 102 Å². The molecule has 0 aliphatic heterocycles. The molecule has 0 aliphatic rings. The van der Waals surface area contributed by atoms with E-state index < -0.39 is 18.6 Å². The number of ether oxygens (including phenoxy) is 1. The van der Waals surface area contributed by atoms with Gasteiger partial charge in [-0.25, -0.2) is 0 Å². The number of alkyl halides is 3. The number of rotatable bonds is 11. The van der Waals surface area contributed by atoms with Crippen LogP contribution in [0.5, 0.6) is 5.75 Å². The smallest absolute Gasteiger partial charge is 0.389 e. The predicted octanol–water partition coefficient (Wildman–Crippen LogP) is 6.75. The van der Waals surface area contributed by atoms with E-state index in [1.165, 1.54) is 0 Å². The zero-order valence-electron chi connectivity index (χ0n) is 23.1. The number of thioether (sulfide) groups is 1. The molecule has 2 aromatic heterocycles. The number of nitrogens with one attached hydrogen (secondary N) is 2. The number of amides is 1. The molecule has 1 atom stereocenters. The van der Waals surface area contributed by atoms with Crippen LogP contribution in [-0.2, 0) is 17.6 Å². The van der Waals surface area contributed by atoms with Crippen LogP contribution < -0.4 is 10.1 Å². The Kier molecular flexibility index (Phi) is 8.86. The van der Waals surface area contributed by atoms with Gasteiger partial charge in [0.05, 0.1) is 26.0 Å². The molecule has 0 saturated carbocycles. The number of methoxy groups -OCH3 is 1. The average Bonchev–Trinajstić information content (AvgIpc) is 3.53. The van der Waals surface area contributed by atoms with E-state index in [9.17, 15) is 18.0 Å². The van der Waals surface area contributed by atoms with Crippen LogP contribution >= 0.6 is 11.8 Å². The number of H-pyrrole nitrogens is 1. The fourth-order valence-electron chi connectivity index (χ4n) is 4.86. The van der Waals surface area contributed by atoms with E-state index in [0.717, 1.165) is 39.5 Å². The molecule has 0 aliphatic carbocycles. The lowest BCUT2D eigenvalue weighted by Gasteiger charge is -2.20. The topological polar surface area (TPSA) is 84.8 Å². The van der Waals surface area contributed by atoms with Crippen molar-refractivity contribution in [2.45, 2.75) is 43.6 Å². The van der Waals surface area contributed by atoms with Crippen LogP contribution in [0.3, 0.4) is 0 Å². The Morgan fingerprint density at radius 1 is 1.02 bits per heavy atom. The summed E-state index contributed by atoms with van der Waals surface area (Å²) in [4.78, 5) is 16.9. The van der Waals surface area contributed by atoms with Gasteiger partial charge in [0.1, 0.15) is 5.75 Å². The third-order valence-electron chi connectivity index (χ3n) is 6.90. The number of hydrogen-bond donors (Lipinski definition) is 2. The molecule has 7 nitrogen and oxygen atoms in total. The van der Waals surface area contributed by atoms with Crippen molar-refractivity contribution in [2.24, 2.45) is 0 Å². The maximum absolute atomic E-state index is 13.6. The van der Waals surface area contributed by atoms with Gasteiger partial charge in [-0.3, -0.25) is 9.36 Å². The minimum absolute atomic E-state index is 0.144. The zero-order valence-corrected chi connectivity index (χ0v) is 23.9. The van der Waals surface area contributed by atoms with Gasteiger partial charge in [0.2, 0.25) is 5.91 Å². The summed E-state index contributed by atoms with van der Waals surface area (Å²) in [6.07, 6.45) is -4.70. The van der Waals surface area contributed by atoms with E-state index in [1.54, 1.807) is 35.9 Å². The molecule has 5 aromatic rings. The van der Waals surface area contributed by atoms with Crippen molar-refractivity contribution in [1.82, 2.24) is 25.1 Å². The highest BCUT2D eigenvalue weighted by molar-refractivity contribution is 7.99. The molecule has 0 spiro atoms. The van der Waals surface area contributed by atoms with Gasteiger partial charge < -0.3 is 15.0 Å². The first-order valence-corrected chi connectivity index (χ1v) is 14.4. The molecule has 1 amide bonds. The van der Waals surface area contributed by atoms with Gasteiger partial charge in [-0.1, -0.05) is 60.3 Å². The van der Waals surface area contributed by atoms with Crippen LogP contribution in [0.4, 0.5) is 13.2 Å². The van der Waals surface area contributed by atoms with Gasteiger partial charge >= 0.3 is 6.18 Å². The van der Waals surface area contributed by atoms with Crippen LogP contribution in [0.1, 0.15) is 35.1 Å². The monoisotopic (exact) mass is 593 g/mol. The zero-order chi connectivity index (χ0) is 29.7. The molecule has 0 saturated heterocycles. The number of aryl methyl sites for hydroxylation is 1. The molecule has 218 valence electrons. The Labute approximate surface area is 245 Å². The lowest BCUT2D eigenvalue weighted by atomic mass is 10.0. The average molecular weight is 594 g/mol. The Balaban J connectivity index is 1.50. The largest absolute Gasteiger partial charge is 0.497 e. The van der Waals surface area contributed by atoms with Crippen LogP contribution in [0.15, 0.2) is 84.0 Å². The first-order valence-electron chi connectivity index (χ1n) is 13.4. The van der Waals surface area contributed by atoms with Crippen molar-refractivity contribution in [3.8, 4) is 11.4 Å². The molecule has 2 heterocycles. The Morgan fingerprint density at radius 3 is 2.45 bits per heavy atom. The Morgan fingerprint density at radius 2 is 1.74 bits per heavy atom. The molecule has 5 rings (SSSR count). The molecule has 42 heavy (non-hydrogen) atoms. The highest BCUT2D eigenvalue weighted by Crippen LogP contribution is 2.31. The number of carbonyl (C=O) groups is 1. The van der Waals surface area contributed by atoms with Gasteiger partial charge in [-0.2, -0.15) is 13.2 Å². The van der Waals surface area contributed by atoms with Gasteiger partial charge in [-0.15, -0.1) is 10.2 Å². The van der Waals surface area contributed by atoms with Crippen LogP contribution in [0, 0.1) is 6.92 Å². The van der Waals surface area contributed by atoms with Crippen molar-refractivity contribution in [3.63, 3.8) is 0 Å². The molecular weight excluding hydrogens is 563 g/mol. The number of carbonyl (C=O) groups excluding carboxylic acids is 1. The van der Waals surface area contributed by atoms with E-state index in [4.69, 9.17) is 4.74 Å². The van der Waals surface area contributed by atoms with E-state index in [0.29, 0.717) is 28.8 Å². The molecule has 0 radical (unpaired) electrons. The minimum atomic E-state index is -4.29. The van der Waals surface area contributed by atoms with Crippen molar-refractivity contribution < 1.29 is 22.7 Å². The van der Waals surface area contributed by atoms with Crippen molar-refractivity contribution in [1.29, 1.82) is 0 Å². The quantitative estimate of drug-likeness (QED) is 0.166. The molecule has 11 heteroatoms. The third-order valence-corrected chi connectivity index (χ3v) is 7.83. The molecule has 0 bridgehead atoms. The number of aromatic amines is 1. The van der Waals surface area contributed by atoms with Crippen molar-refractivity contribution in [2.75, 3.05) is 12.9 Å². The number of fused-ring (bicyclic) bond motifs is 1. The van der Waals surface area contributed by atoms with Gasteiger partial charge in [-0.05, 0) is 54.8 Å². The summed E-state index contributed by atoms with van der Waals surface area (Å²) in [6.45, 7) is 1.94. The Hall–Kier alpha value is -4.25. The summed E-state index contributed by atoms with van der Waals surface area (Å²) >= 11 is 0.971. The molecule has 3 aromatic carbocycles. The number of nitrogens with zero attached hydrogens (tertiary/aromatic N) is 3. The van der Waals surface area contributed by atoms with Gasteiger partial charge in [0.15, 0.2) is 11.0 Å². The Bertz CT molecular complexity index is 1650. The normalized spacial score (nSPS) is 12.4.